The van der Waals surface area contributed by atoms with Crippen LogP contribution in [-0.2, 0) is 4.74 Å². The van der Waals surface area contributed by atoms with Crippen LogP contribution >= 0.6 is 0 Å². The van der Waals surface area contributed by atoms with Crippen molar-refractivity contribution in [2.24, 2.45) is 35.5 Å². The van der Waals surface area contributed by atoms with Crippen molar-refractivity contribution in [1.82, 2.24) is 0 Å². The van der Waals surface area contributed by atoms with Crippen LogP contribution in [-0.4, -0.2) is 13.2 Å². The van der Waals surface area contributed by atoms with Crippen molar-refractivity contribution in [1.29, 1.82) is 0 Å². The molecule has 2 atom stereocenters. The lowest BCUT2D eigenvalue weighted by Gasteiger charge is -2.30. The third-order valence-corrected chi connectivity index (χ3v) is 14.6. The number of ether oxygens (including phenoxy) is 1. The number of hydrogen-bond donors (Lipinski definition) is 0. The lowest BCUT2D eigenvalue weighted by Crippen LogP contribution is -2.16. The third kappa shape index (κ3) is 19.6. The molecule has 296 valence electrons. The minimum Gasteiger partial charge on any atom is -0.381 e. The number of unbranched alkanes of at least 4 members (excludes halogenated alkanes) is 10. The predicted molar refractivity (Wildman–Crippen MR) is 225 cm³/mol. The van der Waals surface area contributed by atoms with Crippen molar-refractivity contribution >= 4 is 0 Å². The largest absolute Gasteiger partial charge is 0.381 e. The van der Waals surface area contributed by atoms with Gasteiger partial charge in [0.15, 0.2) is 0 Å². The molecule has 0 spiro atoms. The van der Waals surface area contributed by atoms with Gasteiger partial charge in [0, 0.05) is 13.2 Å². The molecule has 4 rings (SSSR count). The van der Waals surface area contributed by atoms with Crippen LogP contribution in [0.4, 0.5) is 0 Å². The molecule has 4 aliphatic carbocycles. The first-order chi connectivity index (χ1) is 25.2. The molecule has 0 aromatic heterocycles. The van der Waals surface area contributed by atoms with E-state index in [-0.39, 0.29) is 0 Å². The summed E-state index contributed by atoms with van der Waals surface area (Å²) in [6, 6.07) is 0. The van der Waals surface area contributed by atoms with Crippen LogP contribution in [0.1, 0.15) is 245 Å². The van der Waals surface area contributed by atoms with Crippen molar-refractivity contribution < 1.29 is 4.74 Å². The van der Waals surface area contributed by atoms with E-state index in [1.807, 2.05) is 0 Å². The zero-order chi connectivity index (χ0) is 35.6. The van der Waals surface area contributed by atoms with Crippen LogP contribution in [0.25, 0.3) is 0 Å². The van der Waals surface area contributed by atoms with Gasteiger partial charge >= 0.3 is 0 Å². The van der Waals surface area contributed by atoms with Crippen molar-refractivity contribution in [3.63, 3.8) is 0 Å². The van der Waals surface area contributed by atoms with E-state index in [4.69, 9.17) is 4.74 Å². The highest BCUT2D eigenvalue weighted by Crippen LogP contribution is 2.39. The molecule has 0 aliphatic heterocycles. The SMILES string of the molecule is CCCCCCCC1CCC(CCC2CC=C(CCCCOCCCCC3=CCC(CCC4CCC(CCCCCCC)CC4)CC3)CC2)CC1. The van der Waals surface area contributed by atoms with Gasteiger partial charge in [0.2, 0.25) is 0 Å². The predicted octanol–water partition coefficient (Wildman–Crippen LogP) is 16.7. The third-order valence-electron chi connectivity index (χ3n) is 14.6. The molecule has 1 nitrogen and oxygen atoms in total. The average Bonchev–Trinajstić information content (AvgIpc) is 3.17. The first-order valence-electron chi connectivity index (χ1n) is 24.1. The van der Waals surface area contributed by atoms with Crippen LogP contribution in [0.3, 0.4) is 0 Å². The van der Waals surface area contributed by atoms with Crippen molar-refractivity contribution in [2.45, 2.75) is 245 Å². The second-order valence-corrected chi connectivity index (χ2v) is 18.9. The quantitative estimate of drug-likeness (QED) is 0.0581. The highest BCUT2D eigenvalue weighted by molar-refractivity contribution is 5.07. The Morgan fingerprint density at radius 2 is 0.765 bits per heavy atom. The average molecular weight is 707 g/mol. The molecule has 0 aromatic carbocycles. The van der Waals surface area contributed by atoms with E-state index in [2.05, 4.69) is 26.0 Å². The summed E-state index contributed by atoms with van der Waals surface area (Å²) in [5, 5.41) is 0. The molecule has 51 heavy (non-hydrogen) atoms. The van der Waals surface area contributed by atoms with Gasteiger partial charge in [0.05, 0.1) is 0 Å². The van der Waals surface area contributed by atoms with E-state index >= 15 is 0 Å². The Balaban J connectivity index is 0.896. The van der Waals surface area contributed by atoms with E-state index in [1.54, 1.807) is 11.1 Å². The highest BCUT2D eigenvalue weighted by Gasteiger charge is 2.24. The standard InChI is InChI=1S/C50H90O/c1-3-5-7-9-11-17-43-21-29-47(30-22-43)37-39-49-33-25-45(26-34-49)19-13-15-41-51-42-16-14-20-46-27-35-50(36-28-46)40-38-48-31-23-44(24-32-48)18-12-10-8-6-4-2/h25,27,43-44,47-50H,3-24,26,28-42H2,1-2H3. The van der Waals surface area contributed by atoms with E-state index < -0.39 is 0 Å². The molecule has 2 unspecified atom stereocenters. The van der Waals surface area contributed by atoms with Crippen molar-refractivity contribution in [3.05, 3.63) is 23.3 Å². The number of hydrogen-bond acceptors (Lipinski definition) is 1. The van der Waals surface area contributed by atoms with Gasteiger partial charge in [-0.1, -0.05) is 178 Å². The van der Waals surface area contributed by atoms with Crippen LogP contribution in [0.2, 0.25) is 0 Å². The lowest BCUT2D eigenvalue weighted by molar-refractivity contribution is 0.126. The van der Waals surface area contributed by atoms with E-state index in [1.165, 1.54) is 231 Å². The first-order valence-corrected chi connectivity index (χ1v) is 24.1. The molecule has 1 heteroatoms. The molecular formula is C50H90O. The summed E-state index contributed by atoms with van der Waals surface area (Å²) in [6.45, 7) is 6.60. The van der Waals surface area contributed by atoms with Crippen LogP contribution in [0.5, 0.6) is 0 Å². The first kappa shape index (κ1) is 43.2. The van der Waals surface area contributed by atoms with Gasteiger partial charge in [0.25, 0.3) is 0 Å². The van der Waals surface area contributed by atoms with Gasteiger partial charge in [-0.3, -0.25) is 0 Å². The molecule has 0 amide bonds. The Morgan fingerprint density at radius 1 is 0.392 bits per heavy atom. The fraction of sp³-hybridized carbons (Fsp3) is 0.920. The van der Waals surface area contributed by atoms with Gasteiger partial charge in [-0.25, -0.2) is 0 Å². The van der Waals surface area contributed by atoms with Gasteiger partial charge in [-0.2, -0.15) is 0 Å². The summed E-state index contributed by atoms with van der Waals surface area (Å²) < 4.78 is 6.07. The van der Waals surface area contributed by atoms with Gasteiger partial charge in [0.1, 0.15) is 0 Å². The molecular weight excluding hydrogens is 617 g/mol. The topological polar surface area (TPSA) is 9.23 Å². The fourth-order valence-electron chi connectivity index (χ4n) is 10.7. The Labute approximate surface area is 320 Å². The van der Waals surface area contributed by atoms with Gasteiger partial charge < -0.3 is 4.74 Å². The summed E-state index contributed by atoms with van der Waals surface area (Å²) in [5.41, 5.74) is 3.53. The van der Waals surface area contributed by atoms with Gasteiger partial charge in [-0.15, -0.1) is 0 Å². The summed E-state index contributed by atoms with van der Waals surface area (Å²) in [7, 11) is 0. The Hall–Kier alpha value is -0.560. The Bertz CT molecular complexity index is 811. The summed E-state index contributed by atoms with van der Waals surface area (Å²) in [6.07, 6.45) is 57.5. The monoisotopic (exact) mass is 707 g/mol. The molecule has 0 heterocycles. The fourth-order valence-corrected chi connectivity index (χ4v) is 10.7. The zero-order valence-electron chi connectivity index (χ0n) is 34.9. The molecule has 2 saturated carbocycles. The molecule has 0 bridgehead atoms. The number of rotatable bonds is 28. The Kier molecular flexibility index (Phi) is 23.6. The summed E-state index contributed by atoms with van der Waals surface area (Å²) in [4.78, 5) is 0. The molecule has 0 radical (unpaired) electrons. The smallest absolute Gasteiger partial charge is 0.0466 e. The maximum absolute atomic E-state index is 6.07. The minimum absolute atomic E-state index is 0.974. The van der Waals surface area contributed by atoms with Crippen LogP contribution in [0, 0.1) is 35.5 Å². The molecule has 0 saturated heterocycles. The van der Waals surface area contributed by atoms with E-state index in [0.717, 1.165) is 48.7 Å². The zero-order valence-corrected chi connectivity index (χ0v) is 34.9. The normalized spacial score (nSPS) is 27.3. The van der Waals surface area contributed by atoms with Crippen molar-refractivity contribution in [3.8, 4) is 0 Å². The van der Waals surface area contributed by atoms with E-state index in [0.29, 0.717) is 0 Å². The van der Waals surface area contributed by atoms with Gasteiger partial charge in [-0.05, 0) is 125 Å². The number of allylic oxidation sites excluding steroid dienone is 4. The second kappa shape index (κ2) is 27.9. The molecule has 0 N–H and O–H groups in total. The highest BCUT2D eigenvalue weighted by atomic mass is 16.5. The molecule has 0 aromatic rings. The van der Waals surface area contributed by atoms with Crippen LogP contribution < -0.4 is 0 Å². The summed E-state index contributed by atoms with van der Waals surface area (Å²) >= 11 is 0. The minimum atomic E-state index is 0.974. The molecule has 2 fully saturated rings. The Morgan fingerprint density at radius 3 is 1.14 bits per heavy atom. The van der Waals surface area contributed by atoms with Crippen LogP contribution in [0.15, 0.2) is 23.3 Å². The van der Waals surface area contributed by atoms with E-state index in [9.17, 15) is 0 Å². The van der Waals surface area contributed by atoms with Crippen molar-refractivity contribution in [2.75, 3.05) is 13.2 Å². The second-order valence-electron chi connectivity index (χ2n) is 18.9. The summed E-state index contributed by atoms with van der Waals surface area (Å²) in [5.74, 6) is 6.19. The molecule has 4 aliphatic rings. The lowest BCUT2D eigenvalue weighted by atomic mass is 9.76. The maximum atomic E-state index is 6.07. The maximum Gasteiger partial charge on any atom is 0.0466 e.